The van der Waals surface area contributed by atoms with E-state index in [1.165, 1.54) is 23.1 Å². The van der Waals surface area contributed by atoms with Gasteiger partial charge in [0.15, 0.2) is 0 Å². The average Bonchev–Trinajstić information content (AvgIpc) is 3.17. The van der Waals surface area contributed by atoms with E-state index in [2.05, 4.69) is 15.5 Å². The number of urea groups is 1. The van der Waals surface area contributed by atoms with E-state index < -0.39 is 17.8 Å². The van der Waals surface area contributed by atoms with E-state index >= 15 is 0 Å². The number of carboxylic acids is 1. The molecule has 0 saturated carbocycles. The van der Waals surface area contributed by atoms with Crippen LogP contribution in [0.2, 0.25) is 5.02 Å². The normalized spacial score (nSPS) is 12.8. The average molecular weight is 443 g/mol. The first kappa shape index (κ1) is 20.9. The number of fused-ring (bicyclic) bond motifs is 1. The van der Waals surface area contributed by atoms with Crippen molar-refractivity contribution in [2.45, 2.75) is 32.2 Å². The summed E-state index contributed by atoms with van der Waals surface area (Å²) in [7, 11) is 0. The minimum Gasteiger partial charge on any atom is -0.478 e. The van der Waals surface area contributed by atoms with Crippen LogP contribution in [0.5, 0.6) is 0 Å². The Morgan fingerprint density at radius 2 is 1.97 bits per heavy atom. The van der Waals surface area contributed by atoms with Crippen molar-refractivity contribution in [1.82, 2.24) is 10.2 Å². The number of hydrogen-bond donors (Lipinski definition) is 3. The first-order valence-electron chi connectivity index (χ1n) is 9.85. The Kier molecular flexibility index (Phi) is 5.90. The summed E-state index contributed by atoms with van der Waals surface area (Å²) in [6, 6.07) is 9.52. The van der Waals surface area contributed by atoms with Crippen molar-refractivity contribution in [3.63, 3.8) is 0 Å². The number of aromatic nitrogens is 2. The van der Waals surface area contributed by atoms with Gasteiger partial charge in [0.05, 0.1) is 28.5 Å². The van der Waals surface area contributed by atoms with E-state index in [1.807, 2.05) is 0 Å². The van der Waals surface area contributed by atoms with Gasteiger partial charge in [-0.2, -0.15) is 5.10 Å². The molecule has 31 heavy (non-hydrogen) atoms. The van der Waals surface area contributed by atoms with Crippen LogP contribution >= 0.6 is 11.6 Å². The van der Waals surface area contributed by atoms with Crippen LogP contribution in [0.1, 0.15) is 40.2 Å². The van der Waals surface area contributed by atoms with Gasteiger partial charge in [0.25, 0.3) is 0 Å². The first-order valence-corrected chi connectivity index (χ1v) is 10.2. The van der Waals surface area contributed by atoms with Crippen molar-refractivity contribution in [1.29, 1.82) is 0 Å². The summed E-state index contributed by atoms with van der Waals surface area (Å²) in [5.74, 6) is -1.75. The van der Waals surface area contributed by atoms with Gasteiger partial charge in [-0.15, -0.1) is 0 Å². The lowest BCUT2D eigenvalue weighted by atomic mass is 9.96. The molecule has 2 amide bonds. The molecule has 9 heteroatoms. The molecule has 0 fully saturated rings. The maximum absolute atomic E-state index is 13.5. The zero-order chi connectivity index (χ0) is 22.0. The van der Waals surface area contributed by atoms with Crippen LogP contribution in [0.15, 0.2) is 42.5 Å². The molecule has 3 N–H and O–H groups in total. The number of H-pyrrole nitrogens is 1. The SMILES string of the molecule is O=C(O)c1ccccc1N(Cc1n[nH]c2c1CCCC2)C(=O)Nc1ccc(F)c(Cl)c1. The molecule has 0 bridgehead atoms. The Morgan fingerprint density at radius 1 is 1.19 bits per heavy atom. The largest absolute Gasteiger partial charge is 0.478 e. The van der Waals surface area contributed by atoms with Gasteiger partial charge in [0, 0.05) is 11.4 Å². The van der Waals surface area contributed by atoms with E-state index in [4.69, 9.17) is 11.6 Å². The molecule has 0 unspecified atom stereocenters. The van der Waals surface area contributed by atoms with Crippen molar-refractivity contribution in [2.75, 3.05) is 10.2 Å². The molecule has 1 heterocycles. The van der Waals surface area contributed by atoms with Gasteiger partial charge in [0.1, 0.15) is 5.82 Å². The highest BCUT2D eigenvalue weighted by atomic mass is 35.5. The van der Waals surface area contributed by atoms with Crippen LogP contribution in [0.25, 0.3) is 0 Å². The summed E-state index contributed by atoms with van der Waals surface area (Å²) in [6.45, 7) is 0.0802. The van der Waals surface area contributed by atoms with Gasteiger partial charge in [-0.1, -0.05) is 23.7 Å². The molecule has 0 saturated heterocycles. The minimum atomic E-state index is -1.15. The maximum atomic E-state index is 13.5. The van der Waals surface area contributed by atoms with E-state index in [0.717, 1.165) is 43.0 Å². The summed E-state index contributed by atoms with van der Waals surface area (Å²) < 4.78 is 13.5. The quantitative estimate of drug-likeness (QED) is 0.516. The Bertz CT molecular complexity index is 1150. The summed E-state index contributed by atoms with van der Waals surface area (Å²) in [5, 5.41) is 19.6. The lowest BCUT2D eigenvalue weighted by molar-refractivity contribution is 0.0697. The number of carbonyl (C=O) groups excluding carboxylic acids is 1. The summed E-state index contributed by atoms with van der Waals surface area (Å²) in [5.41, 5.74) is 3.33. The molecule has 0 radical (unpaired) electrons. The molecule has 0 atom stereocenters. The molecule has 0 aliphatic heterocycles. The molecule has 2 aromatic carbocycles. The third-order valence-corrected chi connectivity index (χ3v) is 5.58. The van der Waals surface area contributed by atoms with Gasteiger partial charge in [-0.3, -0.25) is 10.00 Å². The molecule has 1 aliphatic rings. The van der Waals surface area contributed by atoms with Crippen LogP contribution in [-0.2, 0) is 19.4 Å². The summed E-state index contributed by atoms with van der Waals surface area (Å²) >= 11 is 5.82. The predicted octanol–water partition coefficient (Wildman–Crippen LogP) is 5.02. The maximum Gasteiger partial charge on any atom is 0.337 e. The third kappa shape index (κ3) is 4.39. The number of halogens is 2. The topological polar surface area (TPSA) is 98.3 Å². The standard InChI is InChI=1S/C22H20ClFN4O3/c23-16-11-13(9-10-17(16)24)25-22(31)28(20-8-4-2-6-15(20)21(29)30)12-19-14-5-1-3-7-18(14)26-27-19/h2,4,6,8-11H,1,3,5,7,12H2,(H,25,31)(H,26,27)(H,29,30). The highest BCUT2D eigenvalue weighted by Gasteiger charge is 2.26. The predicted molar refractivity (Wildman–Crippen MR) is 115 cm³/mol. The molecular weight excluding hydrogens is 423 g/mol. The van der Waals surface area contributed by atoms with Crippen molar-refractivity contribution in [3.8, 4) is 0 Å². The van der Waals surface area contributed by atoms with E-state index in [1.54, 1.807) is 18.2 Å². The number of aromatic amines is 1. The fourth-order valence-corrected chi connectivity index (χ4v) is 3.93. The summed E-state index contributed by atoms with van der Waals surface area (Å²) in [4.78, 5) is 26.3. The summed E-state index contributed by atoms with van der Waals surface area (Å²) in [6.07, 6.45) is 3.86. The first-order chi connectivity index (χ1) is 14.9. The van der Waals surface area contributed by atoms with Gasteiger partial charge >= 0.3 is 12.0 Å². The highest BCUT2D eigenvalue weighted by Crippen LogP contribution is 2.28. The lowest BCUT2D eigenvalue weighted by Gasteiger charge is -2.25. The van der Waals surface area contributed by atoms with Crippen molar-refractivity contribution in [3.05, 3.63) is 75.8 Å². The second-order valence-electron chi connectivity index (χ2n) is 7.30. The number of nitrogens with zero attached hydrogens (tertiary/aromatic N) is 2. The number of carboxylic acid groups (broad SMARTS) is 1. The van der Waals surface area contributed by atoms with E-state index in [9.17, 15) is 19.1 Å². The second kappa shape index (κ2) is 8.77. The molecule has 0 spiro atoms. The molecule has 1 aliphatic carbocycles. The number of rotatable bonds is 5. The minimum absolute atomic E-state index is 0.0146. The number of anilines is 2. The number of benzene rings is 2. The second-order valence-corrected chi connectivity index (χ2v) is 7.71. The fraction of sp³-hybridized carbons (Fsp3) is 0.227. The van der Waals surface area contributed by atoms with Crippen molar-refractivity contribution < 1.29 is 19.1 Å². The van der Waals surface area contributed by atoms with E-state index in [-0.39, 0.29) is 22.8 Å². The zero-order valence-electron chi connectivity index (χ0n) is 16.5. The third-order valence-electron chi connectivity index (χ3n) is 5.29. The molecule has 160 valence electrons. The molecule has 4 rings (SSSR count). The Labute approximate surface area is 182 Å². The van der Waals surface area contributed by atoms with Gasteiger partial charge in [0.2, 0.25) is 0 Å². The molecule has 1 aromatic heterocycles. The number of amides is 2. The smallest absolute Gasteiger partial charge is 0.337 e. The number of aryl methyl sites for hydroxylation is 1. The van der Waals surface area contributed by atoms with Crippen molar-refractivity contribution >= 4 is 35.0 Å². The Hall–Kier alpha value is -3.39. The van der Waals surface area contributed by atoms with Crippen molar-refractivity contribution in [2.24, 2.45) is 0 Å². The lowest BCUT2D eigenvalue weighted by Crippen LogP contribution is -2.36. The Morgan fingerprint density at radius 3 is 2.74 bits per heavy atom. The Balaban J connectivity index is 1.70. The van der Waals surface area contributed by atoms with Crippen LogP contribution < -0.4 is 10.2 Å². The molecule has 3 aromatic rings. The number of para-hydroxylation sites is 1. The highest BCUT2D eigenvalue weighted by molar-refractivity contribution is 6.31. The number of aromatic carboxylic acids is 1. The zero-order valence-corrected chi connectivity index (χ0v) is 17.2. The van der Waals surface area contributed by atoms with Gasteiger partial charge < -0.3 is 10.4 Å². The van der Waals surface area contributed by atoms with Crippen LogP contribution in [0, 0.1) is 5.82 Å². The number of hydrogen-bond acceptors (Lipinski definition) is 3. The van der Waals surface area contributed by atoms with Crippen LogP contribution in [0.3, 0.4) is 0 Å². The van der Waals surface area contributed by atoms with Crippen LogP contribution in [0.4, 0.5) is 20.6 Å². The molecular formula is C22H20ClFN4O3. The van der Waals surface area contributed by atoms with Gasteiger partial charge in [-0.25, -0.2) is 14.0 Å². The molecule has 7 nitrogen and oxygen atoms in total. The fourth-order valence-electron chi connectivity index (χ4n) is 3.75. The van der Waals surface area contributed by atoms with E-state index in [0.29, 0.717) is 11.4 Å². The van der Waals surface area contributed by atoms with Gasteiger partial charge in [-0.05, 0) is 61.6 Å². The monoisotopic (exact) mass is 442 g/mol. The number of carbonyl (C=O) groups is 2. The van der Waals surface area contributed by atoms with Crippen LogP contribution in [-0.4, -0.2) is 27.3 Å². The number of nitrogens with one attached hydrogen (secondary N) is 2.